The van der Waals surface area contributed by atoms with Crippen molar-refractivity contribution in [2.24, 2.45) is 0 Å². The smallest absolute Gasteiger partial charge is 0.369 e. The molecular formula is C24H16F8N4O3S. The fourth-order valence-corrected chi connectivity index (χ4v) is 5.18. The highest BCUT2D eigenvalue weighted by atomic mass is 32.2. The Labute approximate surface area is 220 Å². The first kappa shape index (κ1) is 28.9. The Morgan fingerprint density at radius 2 is 1.35 bits per heavy atom. The van der Waals surface area contributed by atoms with Gasteiger partial charge in [0.15, 0.2) is 11.6 Å². The third kappa shape index (κ3) is 5.11. The number of hydrogen-bond acceptors (Lipinski definition) is 5. The van der Waals surface area contributed by atoms with Crippen LogP contribution in [0.2, 0.25) is 0 Å². The molecule has 3 aromatic carbocycles. The van der Waals surface area contributed by atoms with Crippen LogP contribution in [0.4, 0.5) is 40.8 Å². The van der Waals surface area contributed by atoms with Gasteiger partial charge in [-0.25, -0.2) is 21.9 Å². The molecule has 1 heterocycles. The third-order valence-corrected chi connectivity index (χ3v) is 7.53. The average Bonchev–Trinajstić information content (AvgIpc) is 3.34. The van der Waals surface area contributed by atoms with Gasteiger partial charge in [0.25, 0.3) is 15.6 Å². The van der Waals surface area contributed by atoms with Gasteiger partial charge >= 0.3 is 12.4 Å². The highest BCUT2D eigenvalue weighted by Crippen LogP contribution is 2.50. The molecule has 1 aromatic heterocycles. The van der Waals surface area contributed by atoms with Crippen molar-refractivity contribution in [2.75, 3.05) is 4.31 Å². The van der Waals surface area contributed by atoms with Crippen molar-refractivity contribution in [3.8, 4) is 5.69 Å². The number of benzene rings is 3. The number of halogens is 8. The van der Waals surface area contributed by atoms with Crippen LogP contribution in [-0.4, -0.2) is 40.9 Å². The van der Waals surface area contributed by atoms with Crippen LogP contribution >= 0.6 is 0 Å². The summed E-state index contributed by atoms with van der Waals surface area (Å²) in [5, 5.41) is 16.9. The summed E-state index contributed by atoms with van der Waals surface area (Å²) < 4.78 is 136. The van der Waals surface area contributed by atoms with Gasteiger partial charge in [-0.2, -0.15) is 26.3 Å². The molecule has 0 saturated heterocycles. The molecule has 40 heavy (non-hydrogen) atoms. The predicted octanol–water partition coefficient (Wildman–Crippen LogP) is 5.25. The van der Waals surface area contributed by atoms with Gasteiger partial charge in [-0.3, -0.25) is 4.31 Å². The quantitative estimate of drug-likeness (QED) is 0.296. The number of sulfonamides is 1. The molecule has 4 rings (SSSR count). The summed E-state index contributed by atoms with van der Waals surface area (Å²) in [6.07, 6.45) is -11.3. The molecule has 0 aliphatic carbocycles. The Balaban J connectivity index is 1.79. The van der Waals surface area contributed by atoms with Crippen molar-refractivity contribution < 1.29 is 48.6 Å². The highest BCUT2D eigenvalue weighted by molar-refractivity contribution is 7.92. The van der Waals surface area contributed by atoms with E-state index < -0.39 is 63.1 Å². The van der Waals surface area contributed by atoms with Crippen molar-refractivity contribution in [3.63, 3.8) is 0 Å². The summed E-state index contributed by atoms with van der Waals surface area (Å²) in [6, 6.07) is 11.5. The molecular weight excluding hydrogens is 576 g/mol. The molecule has 0 fully saturated rings. The van der Waals surface area contributed by atoms with E-state index in [0.29, 0.717) is 21.1 Å². The number of nitrogens with zero attached hydrogens (tertiary/aromatic N) is 4. The Morgan fingerprint density at radius 3 is 1.88 bits per heavy atom. The SMILES string of the molecule is O=S(=O)(c1ccccc1)N(Cc1cn(-c2c(F)cccc2F)nn1)c1ccc(C(O)(C(F)(F)F)C(F)(F)F)cc1. The zero-order valence-electron chi connectivity index (χ0n) is 19.7. The molecule has 0 bridgehead atoms. The number of aliphatic hydroxyl groups is 1. The van der Waals surface area contributed by atoms with Crippen LogP contribution in [0.15, 0.2) is 83.9 Å². The van der Waals surface area contributed by atoms with Gasteiger partial charge in [0.05, 0.1) is 23.3 Å². The molecule has 4 aromatic rings. The van der Waals surface area contributed by atoms with E-state index >= 15 is 0 Å². The first-order chi connectivity index (χ1) is 18.6. The molecule has 7 nitrogen and oxygen atoms in total. The van der Waals surface area contributed by atoms with Crippen molar-refractivity contribution in [1.29, 1.82) is 0 Å². The van der Waals surface area contributed by atoms with Crippen LogP contribution in [0, 0.1) is 11.6 Å². The summed E-state index contributed by atoms with van der Waals surface area (Å²) in [5.74, 6) is -2.02. The lowest BCUT2D eigenvalue weighted by Gasteiger charge is -2.33. The molecule has 0 amide bonds. The van der Waals surface area contributed by atoms with E-state index in [9.17, 15) is 48.6 Å². The van der Waals surface area contributed by atoms with Crippen LogP contribution < -0.4 is 4.31 Å². The maximum atomic E-state index is 14.2. The lowest BCUT2D eigenvalue weighted by Crippen LogP contribution is -2.53. The second-order valence-electron chi connectivity index (χ2n) is 8.30. The van der Waals surface area contributed by atoms with E-state index in [1.54, 1.807) is 0 Å². The Morgan fingerprint density at radius 1 is 0.800 bits per heavy atom. The summed E-state index contributed by atoms with van der Waals surface area (Å²) in [4.78, 5) is -0.297. The van der Waals surface area contributed by atoms with E-state index in [-0.39, 0.29) is 22.7 Å². The fraction of sp³-hybridized carbons (Fsp3) is 0.167. The minimum atomic E-state index is -6.15. The molecule has 212 valence electrons. The normalized spacial score (nSPS) is 12.9. The van der Waals surface area contributed by atoms with Gasteiger partial charge in [-0.05, 0) is 36.4 Å². The van der Waals surface area contributed by atoms with E-state index in [0.717, 1.165) is 24.4 Å². The van der Waals surface area contributed by atoms with Gasteiger partial charge in [0, 0.05) is 5.56 Å². The van der Waals surface area contributed by atoms with Crippen molar-refractivity contribution in [2.45, 2.75) is 29.4 Å². The van der Waals surface area contributed by atoms with Gasteiger partial charge in [0.2, 0.25) is 0 Å². The number of anilines is 1. The molecule has 1 N–H and O–H groups in total. The monoisotopic (exact) mass is 592 g/mol. The molecule has 0 aliphatic rings. The molecule has 0 unspecified atom stereocenters. The van der Waals surface area contributed by atoms with Crippen LogP contribution in [0.25, 0.3) is 5.69 Å². The average molecular weight is 592 g/mol. The van der Waals surface area contributed by atoms with Crippen LogP contribution in [0.5, 0.6) is 0 Å². The minimum Gasteiger partial charge on any atom is -0.369 e. The number of alkyl halides is 6. The molecule has 0 aliphatic heterocycles. The van der Waals surface area contributed by atoms with Crippen LogP contribution in [-0.2, 0) is 22.2 Å². The second kappa shape index (κ2) is 10.2. The fourth-order valence-electron chi connectivity index (χ4n) is 3.73. The number of para-hydroxylation sites is 1. The van der Waals surface area contributed by atoms with Gasteiger partial charge in [-0.15, -0.1) is 5.10 Å². The molecule has 0 spiro atoms. The van der Waals surface area contributed by atoms with Crippen molar-refractivity contribution in [3.05, 3.63) is 102 Å². The van der Waals surface area contributed by atoms with E-state index in [1.807, 2.05) is 0 Å². The van der Waals surface area contributed by atoms with Crippen molar-refractivity contribution >= 4 is 15.7 Å². The summed E-state index contributed by atoms with van der Waals surface area (Å²) in [6.45, 7) is -0.699. The summed E-state index contributed by atoms with van der Waals surface area (Å²) in [5.41, 5.74) is -8.05. The molecule has 0 saturated carbocycles. The molecule has 0 radical (unpaired) electrons. The maximum absolute atomic E-state index is 14.2. The summed E-state index contributed by atoms with van der Waals surface area (Å²) in [7, 11) is -4.53. The summed E-state index contributed by atoms with van der Waals surface area (Å²) >= 11 is 0. The first-order valence-electron chi connectivity index (χ1n) is 11.0. The molecule has 16 heteroatoms. The zero-order chi connectivity index (χ0) is 29.5. The Bertz CT molecular complexity index is 1570. The van der Waals surface area contributed by atoms with Crippen molar-refractivity contribution in [1.82, 2.24) is 15.0 Å². The van der Waals surface area contributed by atoms with E-state index in [2.05, 4.69) is 10.3 Å². The maximum Gasteiger partial charge on any atom is 0.430 e. The minimum absolute atomic E-state index is 0.187. The van der Waals surface area contributed by atoms with Gasteiger partial charge in [0.1, 0.15) is 11.4 Å². The van der Waals surface area contributed by atoms with E-state index in [1.165, 1.54) is 30.3 Å². The number of aromatic nitrogens is 3. The predicted molar refractivity (Wildman–Crippen MR) is 124 cm³/mol. The van der Waals surface area contributed by atoms with Crippen LogP contribution in [0.1, 0.15) is 11.3 Å². The lowest BCUT2D eigenvalue weighted by molar-refractivity contribution is -0.376. The Kier molecular flexibility index (Phi) is 7.36. The lowest BCUT2D eigenvalue weighted by atomic mass is 9.92. The van der Waals surface area contributed by atoms with E-state index in [4.69, 9.17) is 0 Å². The second-order valence-corrected chi connectivity index (χ2v) is 10.2. The van der Waals surface area contributed by atoms with Crippen LogP contribution in [0.3, 0.4) is 0 Å². The van der Waals surface area contributed by atoms with Gasteiger partial charge in [-0.1, -0.05) is 41.6 Å². The largest absolute Gasteiger partial charge is 0.430 e. The van der Waals surface area contributed by atoms with Gasteiger partial charge < -0.3 is 5.11 Å². The third-order valence-electron chi connectivity index (χ3n) is 5.74. The topological polar surface area (TPSA) is 88.3 Å². The standard InChI is InChI=1S/C24H16F8N4O3S/c25-19-7-4-8-20(26)21(19)35-13-16(33-34-35)14-36(40(38,39)18-5-2-1-3-6-18)17-11-9-15(10-12-17)22(37,23(27,28)29)24(30,31)32/h1-13,37H,14H2. The Hall–Kier alpha value is -4.05. The number of rotatable bonds is 7. The highest BCUT2D eigenvalue weighted by Gasteiger charge is 2.71. The number of hydrogen-bond donors (Lipinski definition) is 1. The zero-order valence-corrected chi connectivity index (χ0v) is 20.5. The molecule has 0 atom stereocenters. The first-order valence-corrected chi connectivity index (χ1v) is 12.4.